The molecule has 4 N–H and O–H groups in total. The lowest BCUT2D eigenvalue weighted by molar-refractivity contribution is -0.119. The van der Waals surface area contributed by atoms with Crippen LogP contribution in [0.3, 0.4) is 0 Å². The molecule has 0 aromatic rings. The number of nitrogens with one attached hydrogen (secondary N) is 2. The first kappa shape index (κ1) is 15.6. The molecule has 116 valence electrons. The molecule has 0 radical (unpaired) electrons. The number of hydrogen-bond donors (Lipinski definition) is 3. The van der Waals surface area contributed by atoms with Gasteiger partial charge in [-0.05, 0) is 12.8 Å². The number of piperidine rings is 1. The Bertz CT molecular complexity index is 427. The number of likely N-dealkylation sites (tertiary alicyclic amines) is 1. The third-order valence-corrected chi connectivity index (χ3v) is 5.37. The molecule has 0 atom stereocenters. The van der Waals surface area contributed by atoms with Gasteiger partial charge in [0.1, 0.15) is 0 Å². The normalized spacial score (nSPS) is 23.8. The zero-order valence-electron chi connectivity index (χ0n) is 11.5. The lowest BCUT2D eigenvalue weighted by Gasteiger charge is -2.33. The van der Waals surface area contributed by atoms with E-state index in [0.717, 1.165) is 0 Å². The highest BCUT2D eigenvalue weighted by atomic mass is 32.2. The highest BCUT2D eigenvalue weighted by Gasteiger charge is 2.28. The van der Waals surface area contributed by atoms with Gasteiger partial charge in [0.05, 0.1) is 6.54 Å². The standard InChI is InChI=1S/C11H23N5O3S/c12-11(17)9-15-5-1-10(2-6-15)14-20(18,19)16-7-3-13-4-8-16/h10,13-14H,1-9H2,(H2,12,17). The van der Waals surface area contributed by atoms with Crippen molar-refractivity contribution in [1.82, 2.24) is 19.2 Å². The fraction of sp³-hybridized carbons (Fsp3) is 0.909. The monoisotopic (exact) mass is 305 g/mol. The summed E-state index contributed by atoms with van der Waals surface area (Å²) in [5, 5.41) is 3.13. The quantitative estimate of drug-likeness (QED) is 0.528. The summed E-state index contributed by atoms with van der Waals surface area (Å²) in [6.45, 7) is 4.04. The molecule has 2 aliphatic rings. The Balaban J connectivity index is 1.80. The molecule has 0 bridgehead atoms. The molecule has 0 spiro atoms. The van der Waals surface area contributed by atoms with E-state index in [1.807, 2.05) is 4.90 Å². The van der Waals surface area contributed by atoms with Gasteiger partial charge >= 0.3 is 0 Å². The minimum atomic E-state index is -3.39. The number of hydrogen-bond acceptors (Lipinski definition) is 5. The summed E-state index contributed by atoms with van der Waals surface area (Å²) in [4.78, 5) is 12.8. The summed E-state index contributed by atoms with van der Waals surface area (Å²) in [6, 6.07) is -0.0565. The molecule has 0 unspecified atom stereocenters. The molecule has 9 heteroatoms. The predicted molar refractivity (Wildman–Crippen MR) is 75.2 cm³/mol. The van der Waals surface area contributed by atoms with Crippen molar-refractivity contribution in [3.05, 3.63) is 0 Å². The van der Waals surface area contributed by atoms with E-state index in [0.29, 0.717) is 52.1 Å². The second kappa shape index (κ2) is 6.81. The van der Waals surface area contributed by atoms with E-state index < -0.39 is 10.2 Å². The zero-order chi connectivity index (χ0) is 14.6. The van der Waals surface area contributed by atoms with Crippen LogP contribution in [0.4, 0.5) is 0 Å². The van der Waals surface area contributed by atoms with Gasteiger partial charge in [-0.25, -0.2) is 0 Å². The van der Waals surface area contributed by atoms with E-state index in [4.69, 9.17) is 5.73 Å². The van der Waals surface area contributed by atoms with Crippen molar-refractivity contribution in [1.29, 1.82) is 0 Å². The Morgan fingerprint density at radius 2 is 1.80 bits per heavy atom. The number of nitrogens with two attached hydrogens (primary N) is 1. The van der Waals surface area contributed by atoms with Crippen LogP contribution >= 0.6 is 0 Å². The number of primary amides is 1. The van der Waals surface area contributed by atoms with Crippen LogP contribution in [0.5, 0.6) is 0 Å². The van der Waals surface area contributed by atoms with Crippen LogP contribution in [-0.4, -0.2) is 75.4 Å². The van der Waals surface area contributed by atoms with E-state index in [-0.39, 0.29) is 18.5 Å². The Morgan fingerprint density at radius 3 is 2.35 bits per heavy atom. The first-order chi connectivity index (χ1) is 9.47. The van der Waals surface area contributed by atoms with Crippen LogP contribution in [0, 0.1) is 0 Å². The fourth-order valence-electron chi connectivity index (χ4n) is 2.60. The maximum absolute atomic E-state index is 12.2. The van der Waals surface area contributed by atoms with Crippen molar-refractivity contribution in [2.45, 2.75) is 18.9 Å². The Labute approximate surface area is 119 Å². The first-order valence-electron chi connectivity index (χ1n) is 6.96. The summed E-state index contributed by atoms with van der Waals surface area (Å²) in [5.41, 5.74) is 5.15. The van der Waals surface area contributed by atoms with Crippen molar-refractivity contribution in [3.63, 3.8) is 0 Å². The van der Waals surface area contributed by atoms with Gasteiger partial charge in [-0.15, -0.1) is 0 Å². The van der Waals surface area contributed by atoms with Crippen molar-refractivity contribution in [2.75, 3.05) is 45.8 Å². The number of carbonyl (C=O) groups excluding carboxylic acids is 1. The molecule has 0 aliphatic carbocycles. The number of amides is 1. The molecule has 1 amide bonds. The third kappa shape index (κ3) is 4.38. The molecule has 0 aromatic carbocycles. The van der Waals surface area contributed by atoms with Gasteiger partial charge in [-0.2, -0.15) is 17.4 Å². The van der Waals surface area contributed by atoms with Crippen LogP contribution in [0.15, 0.2) is 0 Å². The summed E-state index contributed by atoms with van der Waals surface area (Å²) in [5.74, 6) is -0.343. The van der Waals surface area contributed by atoms with Crippen LogP contribution in [0.25, 0.3) is 0 Å². The summed E-state index contributed by atoms with van der Waals surface area (Å²) < 4.78 is 28.7. The highest BCUT2D eigenvalue weighted by molar-refractivity contribution is 7.87. The van der Waals surface area contributed by atoms with Crippen molar-refractivity contribution < 1.29 is 13.2 Å². The minimum Gasteiger partial charge on any atom is -0.369 e. The van der Waals surface area contributed by atoms with Gasteiger partial charge in [-0.3, -0.25) is 9.69 Å². The van der Waals surface area contributed by atoms with Gasteiger partial charge in [-0.1, -0.05) is 0 Å². The SMILES string of the molecule is NC(=O)CN1CCC(NS(=O)(=O)N2CCNCC2)CC1. The second-order valence-corrected chi connectivity index (χ2v) is 6.99. The number of nitrogens with zero attached hydrogens (tertiary/aromatic N) is 2. The summed E-state index contributed by atoms with van der Waals surface area (Å²) >= 11 is 0. The van der Waals surface area contributed by atoms with Crippen LogP contribution in [-0.2, 0) is 15.0 Å². The van der Waals surface area contributed by atoms with Crippen LogP contribution < -0.4 is 15.8 Å². The topological polar surface area (TPSA) is 108 Å². The maximum Gasteiger partial charge on any atom is 0.279 e. The Hall–Kier alpha value is -0.740. The molecule has 20 heavy (non-hydrogen) atoms. The van der Waals surface area contributed by atoms with Crippen LogP contribution in [0.2, 0.25) is 0 Å². The molecular formula is C11H23N5O3S. The van der Waals surface area contributed by atoms with Crippen molar-refractivity contribution in [2.24, 2.45) is 5.73 Å². The Morgan fingerprint density at radius 1 is 1.20 bits per heavy atom. The molecule has 8 nitrogen and oxygen atoms in total. The van der Waals surface area contributed by atoms with Crippen molar-refractivity contribution in [3.8, 4) is 0 Å². The predicted octanol–water partition coefficient (Wildman–Crippen LogP) is -2.32. The number of piperazine rings is 1. The third-order valence-electron chi connectivity index (χ3n) is 3.70. The molecule has 0 saturated carbocycles. The molecule has 2 heterocycles. The van der Waals surface area contributed by atoms with Gasteiger partial charge in [0.15, 0.2) is 0 Å². The highest BCUT2D eigenvalue weighted by Crippen LogP contribution is 2.12. The first-order valence-corrected chi connectivity index (χ1v) is 8.40. The maximum atomic E-state index is 12.2. The van der Waals surface area contributed by atoms with E-state index in [9.17, 15) is 13.2 Å². The average Bonchev–Trinajstić information content (AvgIpc) is 2.41. The van der Waals surface area contributed by atoms with Gasteiger partial charge < -0.3 is 11.1 Å². The molecule has 2 saturated heterocycles. The lowest BCUT2D eigenvalue weighted by atomic mass is 10.1. The minimum absolute atomic E-state index is 0.0565. The van der Waals surface area contributed by atoms with Gasteiger partial charge in [0.2, 0.25) is 5.91 Å². The largest absolute Gasteiger partial charge is 0.369 e. The molecule has 2 fully saturated rings. The van der Waals surface area contributed by atoms with E-state index in [1.165, 1.54) is 4.31 Å². The lowest BCUT2D eigenvalue weighted by Crippen LogP contribution is -2.54. The smallest absolute Gasteiger partial charge is 0.279 e. The van der Waals surface area contributed by atoms with E-state index >= 15 is 0 Å². The Kier molecular flexibility index (Phi) is 5.33. The number of carbonyl (C=O) groups is 1. The van der Waals surface area contributed by atoms with Crippen molar-refractivity contribution >= 4 is 16.1 Å². The molecule has 2 rings (SSSR count). The zero-order valence-corrected chi connectivity index (χ0v) is 12.4. The fourth-order valence-corrected chi connectivity index (χ4v) is 4.07. The second-order valence-electron chi connectivity index (χ2n) is 5.29. The van der Waals surface area contributed by atoms with Gasteiger partial charge in [0, 0.05) is 45.3 Å². The summed E-state index contributed by atoms with van der Waals surface area (Å²) in [7, 11) is -3.39. The molecule has 2 aliphatic heterocycles. The van der Waals surface area contributed by atoms with E-state index in [2.05, 4.69) is 10.0 Å². The van der Waals surface area contributed by atoms with E-state index in [1.54, 1.807) is 0 Å². The molecular weight excluding hydrogens is 282 g/mol. The number of rotatable bonds is 5. The van der Waals surface area contributed by atoms with Crippen LogP contribution in [0.1, 0.15) is 12.8 Å². The molecule has 0 aromatic heterocycles. The van der Waals surface area contributed by atoms with Gasteiger partial charge in [0.25, 0.3) is 10.2 Å². The average molecular weight is 305 g/mol. The summed E-state index contributed by atoms with van der Waals surface area (Å²) in [6.07, 6.45) is 1.41.